The van der Waals surface area contributed by atoms with E-state index < -0.39 is 0 Å². The predicted molar refractivity (Wildman–Crippen MR) is 81.0 cm³/mol. The van der Waals surface area contributed by atoms with Crippen molar-refractivity contribution < 1.29 is 0 Å². The molecule has 0 amide bonds. The zero-order chi connectivity index (χ0) is 13.4. The molecule has 0 aliphatic carbocycles. The van der Waals surface area contributed by atoms with Crippen molar-refractivity contribution in [2.45, 2.75) is 13.5 Å². The van der Waals surface area contributed by atoms with Crippen LogP contribution in [0.2, 0.25) is 0 Å². The highest BCUT2D eigenvalue weighted by atomic mass is 15.0. The van der Waals surface area contributed by atoms with Gasteiger partial charge in [-0.2, -0.15) is 0 Å². The van der Waals surface area contributed by atoms with Crippen molar-refractivity contribution in [3.8, 4) is 11.3 Å². The van der Waals surface area contributed by atoms with Crippen LogP contribution in [0.15, 0.2) is 48.5 Å². The second-order valence-corrected chi connectivity index (χ2v) is 4.97. The van der Waals surface area contributed by atoms with Crippen molar-refractivity contribution in [1.82, 2.24) is 4.57 Å². The first-order chi connectivity index (χ1) is 9.20. The van der Waals surface area contributed by atoms with Crippen molar-refractivity contribution in [1.29, 1.82) is 0 Å². The molecule has 2 heteroatoms. The molecule has 2 N–H and O–H groups in total. The molecule has 19 heavy (non-hydrogen) atoms. The average Bonchev–Trinajstić information content (AvgIpc) is 2.74. The zero-order valence-electron chi connectivity index (χ0n) is 11.4. The van der Waals surface area contributed by atoms with Gasteiger partial charge in [0.1, 0.15) is 0 Å². The Balaban J connectivity index is 2.19. The Labute approximate surface area is 113 Å². The van der Waals surface area contributed by atoms with Crippen molar-refractivity contribution in [2.24, 2.45) is 12.8 Å². The van der Waals surface area contributed by atoms with Gasteiger partial charge in [-0.25, -0.2) is 0 Å². The van der Waals surface area contributed by atoms with Gasteiger partial charge >= 0.3 is 0 Å². The van der Waals surface area contributed by atoms with Gasteiger partial charge in [0.25, 0.3) is 0 Å². The number of hydrogen-bond donors (Lipinski definition) is 1. The van der Waals surface area contributed by atoms with Crippen LogP contribution < -0.4 is 5.73 Å². The molecule has 0 saturated carbocycles. The van der Waals surface area contributed by atoms with E-state index in [9.17, 15) is 0 Å². The largest absolute Gasteiger partial charge is 0.348 e. The summed E-state index contributed by atoms with van der Waals surface area (Å²) in [5.41, 5.74) is 10.7. The number of rotatable bonds is 2. The molecule has 0 aliphatic rings. The van der Waals surface area contributed by atoms with Gasteiger partial charge in [-0.3, -0.25) is 0 Å². The predicted octanol–water partition coefficient (Wildman–Crippen LogP) is 3.61. The lowest BCUT2D eigenvalue weighted by Gasteiger charge is -2.07. The number of nitrogens with zero attached hydrogens (tertiary/aromatic N) is 1. The van der Waals surface area contributed by atoms with E-state index in [2.05, 4.69) is 67.1 Å². The third-order valence-corrected chi connectivity index (χ3v) is 3.91. The SMILES string of the molecule is Cc1c(CN)cc(-c2ccc3ccccc3c2)n1C. The van der Waals surface area contributed by atoms with Gasteiger partial charge < -0.3 is 10.3 Å². The second-order valence-electron chi connectivity index (χ2n) is 4.97. The summed E-state index contributed by atoms with van der Waals surface area (Å²) in [5.74, 6) is 0. The quantitative estimate of drug-likeness (QED) is 0.740. The highest BCUT2D eigenvalue weighted by Crippen LogP contribution is 2.27. The van der Waals surface area contributed by atoms with Crippen molar-refractivity contribution in [3.63, 3.8) is 0 Å². The average molecular weight is 250 g/mol. The monoisotopic (exact) mass is 250 g/mol. The maximum atomic E-state index is 5.79. The molecule has 3 aromatic rings. The Kier molecular flexibility index (Phi) is 2.88. The summed E-state index contributed by atoms with van der Waals surface area (Å²) in [6.07, 6.45) is 0. The van der Waals surface area contributed by atoms with Crippen LogP contribution >= 0.6 is 0 Å². The third-order valence-electron chi connectivity index (χ3n) is 3.91. The summed E-state index contributed by atoms with van der Waals surface area (Å²) in [5, 5.41) is 2.55. The maximum Gasteiger partial charge on any atom is 0.0483 e. The van der Waals surface area contributed by atoms with Crippen LogP contribution in [0.5, 0.6) is 0 Å². The van der Waals surface area contributed by atoms with Crippen LogP contribution in [-0.4, -0.2) is 4.57 Å². The molecule has 1 heterocycles. The van der Waals surface area contributed by atoms with Crippen LogP contribution in [0.25, 0.3) is 22.0 Å². The lowest BCUT2D eigenvalue weighted by molar-refractivity contribution is 0.873. The highest BCUT2D eigenvalue weighted by Gasteiger charge is 2.09. The van der Waals surface area contributed by atoms with Gasteiger partial charge in [0.15, 0.2) is 0 Å². The topological polar surface area (TPSA) is 30.9 Å². The highest BCUT2D eigenvalue weighted by molar-refractivity contribution is 5.87. The number of nitrogens with two attached hydrogens (primary N) is 1. The summed E-state index contributed by atoms with van der Waals surface area (Å²) in [6.45, 7) is 2.71. The van der Waals surface area contributed by atoms with Crippen molar-refractivity contribution >= 4 is 10.8 Å². The molecule has 2 aromatic carbocycles. The Morgan fingerprint density at radius 3 is 2.42 bits per heavy atom. The number of benzene rings is 2. The smallest absolute Gasteiger partial charge is 0.0483 e. The fourth-order valence-electron chi connectivity index (χ4n) is 2.59. The molecule has 0 saturated heterocycles. The minimum Gasteiger partial charge on any atom is -0.348 e. The molecule has 0 unspecified atom stereocenters. The standard InChI is InChI=1S/C17H18N2/c1-12-16(11-18)10-17(19(12)2)15-8-7-13-5-3-4-6-14(13)9-15/h3-10H,11,18H2,1-2H3. The second kappa shape index (κ2) is 4.56. The van der Waals surface area contributed by atoms with Gasteiger partial charge in [0, 0.05) is 25.0 Å². The van der Waals surface area contributed by atoms with Crippen LogP contribution in [0.3, 0.4) is 0 Å². The summed E-state index contributed by atoms with van der Waals surface area (Å²) in [4.78, 5) is 0. The van der Waals surface area contributed by atoms with Crippen molar-refractivity contribution in [3.05, 3.63) is 59.8 Å². The fraction of sp³-hybridized carbons (Fsp3) is 0.176. The van der Waals surface area contributed by atoms with E-state index in [1.54, 1.807) is 0 Å². The lowest BCUT2D eigenvalue weighted by atomic mass is 10.0. The normalized spacial score (nSPS) is 11.1. The minimum absolute atomic E-state index is 0.591. The van der Waals surface area contributed by atoms with Crippen LogP contribution in [0.4, 0.5) is 0 Å². The first-order valence-electron chi connectivity index (χ1n) is 6.55. The first-order valence-corrected chi connectivity index (χ1v) is 6.55. The summed E-state index contributed by atoms with van der Waals surface area (Å²) < 4.78 is 2.21. The molecule has 3 rings (SSSR count). The van der Waals surface area contributed by atoms with E-state index in [4.69, 9.17) is 5.73 Å². The molecule has 0 spiro atoms. The van der Waals surface area contributed by atoms with E-state index >= 15 is 0 Å². The summed E-state index contributed by atoms with van der Waals surface area (Å²) in [6, 6.07) is 17.2. The molecule has 0 radical (unpaired) electrons. The minimum atomic E-state index is 0.591. The van der Waals surface area contributed by atoms with E-state index in [-0.39, 0.29) is 0 Å². The molecule has 2 nitrogen and oxygen atoms in total. The van der Waals surface area contributed by atoms with E-state index in [1.807, 2.05) is 0 Å². The molecular formula is C17H18N2. The van der Waals surface area contributed by atoms with E-state index in [0.29, 0.717) is 6.54 Å². The molecule has 0 fully saturated rings. The third kappa shape index (κ3) is 1.94. The zero-order valence-corrected chi connectivity index (χ0v) is 11.4. The van der Waals surface area contributed by atoms with Crippen LogP contribution in [-0.2, 0) is 13.6 Å². The first kappa shape index (κ1) is 12.0. The molecule has 0 bridgehead atoms. The fourth-order valence-corrected chi connectivity index (χ4v) is 2.59. The van der Waals surface area contributed by atoms with E-state index in [1.165, 1.54) is 33.3 Å². The number of aromatic nitrogens is 1. The Morgan fingerprint density at radius 2 is 1.74 bits per heavy atom. The van der Waals surface area contributed by atoms with E-state index in [0.717, 1.165) is 0 Å². The van der Waals surface area contributed by atoms with Crippen LogP contribution in [0, 0.1) is 6.92 Å². The van der Waals surface area contributed by atoms with Gasteiger partial charge in [0.2, 0.25) is 0 Å². The number of fused-ring (bicyclic) bond motifs is 1. The maximum absolute atomic E-state index is 5.79. The lowest BCUT2D eigenvalue weighted by Crippen LogP contribution is -1.99. The van der Waals surface area contributed by atoms with Gasteiger partial charge in [-0.15, -0.1) is 0 Å². The molecular weight excluding hydrogens is 232 g/mol. The summed E-state index contributed by atoms with van der Waals surface area (Å²) in [7, 11) is 2.10. The Hall–Kier alpha value is -2.06. The molecule has 0 atom stereocenters. The van der Waals surface area contributed by atoms with Crippen molar-refractivity contribution in [2.75, 3.05) is 0 Å². The molecule has 1 aromatic heterocycles. The Morgan fingerprint density at radius 1 is 1.00 bits per heavy atom. The molecule has 0 aliphatic heterocycles. The summed E-state index contributed by atoms with van der Waals surface area (Å²) >= 11 is 0. The van der Waals surface area contributed by atoms with Gasteiger partial charge in [0.05, 0.1) is 0 Å². The Bertz CT molecular complexity index is 738. The van der Waals surface area contributed by atoms with Gasteiger partial charge in [-0.05, 0) is 41.0 Å². The number of hydrogen-bond acceptors (Lipinski definition) is 1. The van der Waals surface area contributed by atoms with Crippen LogP contribution in [0.1, 0.15) is 11.3 Å². The molecule has 96 valence electrons. The van der Waals surface area contributed by atoms with Gasteiger partial charge in [-0.1, -0.05) is 36.4 Å².